The molecule has 0 saturated heterocycles. The second-order valence-corrected chi connectivity index (χ2v) is 3.75. The van der Waals surface area contributed by atoms with Crippen LogP contribution in [0, 0.1) is 0 Å². The van der Waals surface area contributed by atoms with Gasteiger partial charge in [0.05, 0.1) is 12.8 Å². The molecule has 0 aliphatic heterocycles. The van der Waals surface area contributed by atoms with E-state index in [2.05, 4.69) is 4.98 Å². The van der Waals surface area contributed by atoms with Gasteiger partial charge in [-0.25, -0.2) is 0 Å². The summed E-state index contributed by atoms with van der Waals surface area (Å²) in [7, 11) is 1.64. The van der Waals surface area contributed by atoms with Gasteiger partial charge < -0.3 is 4.74 Å². The van der Waals surface area contributed by atoms with Crippen LogP contribution in [0.1, 0.15) is 25.5 Å². The Bertz CT molecular complexity index is 275. The standard InChI is InChI=1S/C10H14ClNO/c1-7(8(2)11)10-9(13-3)5-4-6-12-10/h4-8H,1-3H3. The molecule has 1 aromatic heterocycles. The van der Waals surface area contributed by atoms with E-state index in [1.165, 1.54) is 0 Å². The lowest BCUT2D eigenvalue weighted by atomic mass is 10.0. The minimum Gasteiger partial charge on any atom is -0.495 e. The number of aromatic nitrogens is 1. The highest BCUT2D eigenvalue weighted by Crippen LogP contribution is 2.28. The summed E-state index contributed by atoms with van der Waals surface area (Å²) >= 11 is 6.00. The van der Waals surface area contributed by atoms with Crippen molar-refractivity contribution in [2.45, 2.75) is 25.1 Å². The van der Waals surface area contributed by atoms with Gasteiger partial charge in [0.25, 0.3) is 0 Å². The first kappa shape index (κ1) is 10.3. The Morgan fingerprint density at radius 3 is 2.69 bits per heavy atom. The van der Waals surface area contributed by atoms with Gasteiger partial charge in [0.1, 0.15) is 5.75 Å². The van der Waals surface area contributed by atoms with Gasteiger partial charge in [-0.3, -0.25) is 4.98 Å². The predicted molar refractivity (Wildman–Crippen MR) is 54.5 cm³/mol. The van der Waals surface area contributed by atoms with Crippen molar-refractivity contribution >= 4 is 11.6 Å². The Balaban J connectivity index is 2.98. The van der Waals surface area contributed by atoms with E-state index < -0.39 is 0 Å². The van der Waals surface area contributed by atoms with Gasteiger partial charge >= 0.3 is 0 Å². The highest BCUT2D eigenvalue weighted by Gasteiger charge is 2.16. The summed E-state index contributed by atoms with van der Waals surface area (Å²) in [5.74, 6) is 1.01. The van der Waals surface area contributed by atoms with Gasteiger partial charge in [0.15, 0.2) is 0 Å². The number of methoxy groups -OCH3 is 1. The van der Waals surface area contributed by atoms with Gasteiger partial charge in [0, 0.05) is 17.5 Å². The molecule has 0 aromatic carbocycles. The molecule has 0 saturated carbocycles. The molecule has 0 amide bonds. The smallest absolute Gasteiger partial charge is 0.140 e. The monoisotopic (exact) mass is 199 g/mol. The molecule has 2 nitrogen and oxygen atoms in total. The molecule has 0 fully saturated rings. The fraction of sp³-hybridized carbons (Fsp3) is 0.500. The number of rotatable bonds is 3. The first-order valence-corrected chi connectivity index (χ1v) is 4.73. The molecular formula is C10H14ClNO. The number of halogens is 1. The van der Waals surface area contributed by atoms with Crippen LogP contribution < -0.4 is 4.74 Å². The topological polar surface area (TPSA) is 22.1 Å². The van der Waals surface area contributed by atoms with Crippen molar-refractivity contribution in [1.82, 2.24) is 4.98 Å². The first-order valence-electron chi connectivity index (χ1n) is 4.29. The van der Waals surface area contributed by atoms with Crippen LogP contribution in [-0.4, -0.2) is 17.5 Å². The van der Waals surface area contributed by atoms with Crippen LogP contribution in [0.25, 0.3) is 0 Å². The zero-order valence-corrected chi connectivity index (χ0v) is 8.88. The van der Waals surface area contributed by atoms with E-state index in [1.807, 2.05) is 26.0 Å². The average molecular weight is 200 g/mol. The van der Waals surface area contributed by atoms with Gasteiger partial charge in [0.2, 0.25) is 0 Å². The summed E-state index contributed by atoms with van der Waals surface area (Å²) in [6, 6.07) is 3.76. The SMILES string of the molecule is COc1cccnc1C(C)C(C)Cl. The van der Waals surface area contributed by atoms with Crippen LogP contribution >= 0.6 is 11.6 Å². The molecule has 0 aliphatic rings. The molecule has 2 atom stereocenters. The molecule has 1 aromatic rings. The molecule has 1 rings (SSSR count). The fourth-order valence-electron chi connectivity index (χ4n) is 1.13. The Kier molecular flexibility index (Phi) is 3.55. The van der Waals surface area contributed by atoms with E-state index in [1.54, 1.807) is 13.3 Å². The van der Waals surface area contributed by atoms with Crippen LogP contribution in [0.15, 0.2) is 18.3 Å². The van der Waals surface area contributed by atoms with Gasteiger partial charge in [-0.1, -0.05) is 6.92 Å². The van der Waals surface area contributed by atoms with Gasteiger partial charge in [-0.05, 0) is 19.1 Å². The van der Waals surface area contributed by atoms with Crippen LogP contribution in [0.3, 0.4) is 0 Å². The number of ether oxygens (including phenoxy) is 1. The van der Waals surface area contributed by atoms with E-state index >= 15 is 0 Å². The summed E-state index contributed by atoms with van der Waals surface area (Å²) in [4.78, 5) is 4.26. The van der Waals surface area contributed by atoms with Crippen molar-refractivity contribution in [1.29, 1.82) is 0 Å². The van der Waals surface area contributed by atoms with Crippen LogP contribution in [0.5, 0.6) is 5.75 Å². The number of pyridine rings is 1. The number of alkyl halides is 1. The van der Waals surface area contributed by atoms with Crippen LogP contribution in [0.2, 0.25) is 0 Å². The minimum atomic E-state index is 0.0591. The zero-order valence-electron chi connectivity index (χ0n) is 8.12. The normalized spacial score (nSPS) is 15.1. The summed E-state index contributed by atoms with van der Waals surface area (Å²) in [5, 5.41) is 0.0591. The van der Waals surface area contributed by atoms with Crippen molar-refractivity contribution in [2.24, 2.45) is 0 Å². The molecule has 72 valence electrons. The van der Waals surface area contributed by atoms with Crippen LogP contribution in [0.4, 0.5) is 0 Å². The maximum absolute atomic E-state index is 6.00. The predicted octanol–water partition coefficient (Wildman–Crippen LogP) is 2.82. The van der Waals surface area contributed by atoms with E-state index in [0.29, 0.717) is 0 Å². The average Bonchev–Trinajstić information content (AvgIpc) is 2.16. The van der Waals surface area contributed by atoms with E-state index in [4.69, 9.17) is 16.3 Å². The molecule has 0 aliphatic carbocycles. The molecule has 0 bridgehead atoms. The Hall–Kier alpha value is -0.760. The lowest BCUT2D eigenvalue weighted by Gasteiger charge is -2.15. The van der Waals surface area contributed by atoms with Gasteiger partial charge in [-0.15, -0.1) is 11.6 Å². The quantitative estimate of drug-likeness (QED) is 0.699. The fourth-order valence-corrected chi connectivity index (χ4v) is 1.25. The van der Waals surface area contributed by atoms with E-state index in [-0.39, 0.29) is 11.3 Å². The Labute approximate surface area is 83.9 Å². The molecular weight excluding hydrogens is 186 g/mol. The largest absolute Gasteiger partial charge is 0.495 e. The molecule has 3 heteroatoms. The number of hydrogen-bond acceptors (Lipinski definition) is 2. The molecule has 2 unspecified atom stereocenters. The molecule has 1 heterocycles. The van der Waals surface area contributed by atoms with Crippen molar-refractivity contribution in [2.75, 3.05) is 7.11 Å². The highest BCUT2D eigenvalue weighted by atomic mass is 35.5. The van der Waals surface area contributed by atoms with E-state index in [0.717, 1.165) is 11.4 Å². The molecule has 0 spiro atoms. The maximum Gasteiger partial charge on any atom is 0.140 e. The summed E-state index contributed by atoms with van der Waals surface area (Å²) < 4.78 is 5.20. The van der Waals surface area contributed by atoms with Crippen molar-refractivity contribution < 1.29 is 4.74 Å². The third-order valence-electron chi connectivity index (χ3n) is 2.14. The summed E-state index contributed by atoms with van der Waals surface area (Å²) in [6.07, 6.45) is 1.76. The third kappa shape index (κ3) is 2.34. The highest BCUT2D eigenvalue weighted by molar-refractivity contribution is 6.20. The minimum absolute atomic E-state index is 0.0591. The maximum atomic E-state index is 6.00. The lowest BCUT2D eigenvalue weighted by molar-refractivity contribution is 0.402. The Morgan fingerprint density at radius 2 is 2.15 bits per heavy atom. The number of nitrogens with zero attached hydrogens (tertiary/aromatic N) is 1. The second kappa shape index (κ2) is 4.47. The van der Waals surface area contributed by atoms with Crippen molar-refractivity contribution in [3.8, 4) is 5.75 Å². The van der Waals surface area contributed by atoms with Gasteiger partial charge in [-0.2, -0.15) is 0 Å². The third-order valence-corrected chi connectivity index (χ3v) is 2.52. The second-order valence-electron chi connectivity index (χ2n) is 3.06. The zero-order chi connectivity index (χ0) is 9.84. The van der Waals surface area contributed by atoms with E-state index in [9.17, 15) is 0 Å². The van der Waals surface area contributed by atoms with Crippen molar-refractivity contribution in [3.05, 3.63) is 24.0 Å². The molecule has 0 radical (unpaired) electrons. The van der Waals surface area contributed by atoms with Crippen molar-refractivity contribution in [3.63, 3.8) is 0 Å². The molecule has 0 N–H and O–H groups in total. The molecule has 13 heavy (non-hydrogen) atoms. The summed E-state index contributed by atoms with van der Waals surface area (Å²) in [6.45, 7) is 4.00. The number of hydrogen-bond donors (Lipinski definition) is 0. The van der Waals surface area contributed by atoms with Crippen LogP contribution in [-0.2, 0) is 0 Å². The lowest BCUT2D eigenvalue weighted by Crippen LogP contribution is -2.08. The first-order chi connectivity index (χ1) is 6.16. The summed E-state index contributed by atoms with van der Waals surface area (Å²) in [5.41, 5.74) is 0.924. The Morgan fingerprint density at radius 1 is 1.46 bits per heavy atom.